The van der Waals surface area contributed by atoms with Gasteiger partial charge in [-0.3, -0.25) is 4.79 Å². The van der Waals surface area contributed by atoms with E-state index in [1.54, 1.807) is 7.11 Å². The van der Waals surface area contributed by atoms with E-state index in [2.05, 4.69) is 0 Å². The molecule has 0 aliphatic carbocycles. The van der Waals surface area contributed by atoms with Gasteiger partial charge in [0.05, 0.1) is 22.1 Å². The zero-order valence-corrected chi connectivity index (χ0v) is 21.9. The molecule has 6 nitrogen and oxygen atoms in total. The summed E-state index contributed by atoms with van der Waals surface area (Å²) in [6.45, 7) is 4.30. The second-order valence-electron chi connectivity index (χ2n) is 8.32. The first-order chi connectivity index (χ1) is 15.9. The molecule has 0 saturated carbocycles. The van der Waals surface area contributed by atoms with Gasteiger partial charge in [0.25, 0.3) is 0 Å². The first-order valence-electron chi connectivity index (χ1n) is 11.2. The lowest BCUT2D eigenvalue weighted by Gasteiger charge is -2.34. The second kappa shape index (κ2) is 14.0. The van der Waals surface area contributed by atoms with Crippen molar-refractivity contribution in [3.05, 3.63) is 57.6 Å². The number of halogens is 3. The van der Waals surface area contributed by atoms with Crippen LogP contribution in [0.4, 0.5) is 0 Å². The predicted molar refractivity (Wildman–Crippen MR) is 139 cm³/mol. The minimum atomic E-state index is -0.246. The number of nitrogens with two attached hydrogens (primary N) is 1. The van der Waals surface area contributed by atoms with E-state index >= 15 is 0 Å². The summed E-state index contributed by atoms with van der Waals surface area (Å²) in [4.78, 5) is 14.8. The number of nitrogens with zero attached hydrogens (tertiary/aromatic N) is 1. The van der Waals surface area contributed by atoms with E-state index in [1.807, 2.05) is 48.2 Å². The maximum atomic E-state index is 13.0. The van der Waals surface area contributed by atoms with E-state index in [4.69, 9.17) is 43.1 Å². The third-order valence-electron chi connectivity index (χ3n) is 5.80. The van der Waals surface area contributed by atoms with Crippen molar-refractivity contribution in [2.45, 2.75) is 32.3 Å². The van der Waals surface area contributed by atoms with Crippen LogP contribution in [0.15, 0.2) is 36.4 Å². The number of hydrogen-bond donors (Lipinski definition) is 1. The zero-order chi connectivity index (χ0) is 23.8. The number of likely N-dealkylation sites (tertiary alicyclic amines) is 1. The number of carbonyl (C=O) groups is 1. The fourth-order valence-electron chi connectivity index (χ4n) is 3.99. The Morgan fingerprint density at radius 2 is 1.79 bits per heavy atom. The molecule has 1 fully saturated rings. The first-order valence-corrected chi connectivity index (χ1v) is 12.0. The Hall–Kier alpha value is -1.70. The molecular weight excluding hydrogens is 499 g/mol. The molecular formula is C25H33Cl3N2O4. The number of methoxy groups -OCH3 is 1. The maximum Gasteiger partial charge on any atom is 0.227 e. The van der Waals surface area contributed by atoms with E-state index in [1.165, 1.54) is 0 Å². The predicted octanol–water partition coefficient (Wildman–Crippen LogP) is 4.94. The summed E-state index contributed by atoms with van der Waals surface area (Å²) >= 11 is 12.4. The van der Waals surface area contributed by atoms with Crippen molar-refractivity contribution in [3.63, 3.8) is 0 Å². The van der Waals surface area contributed by atoms with E-state index < -0.39 is 0 Å². The average molecular weight is 532 g/mol. The number of amides is 1. The van der Waals surface area contributed by atoms with Crippen molar-refractivity contribution in [1.29, 1.82) is 0 Å². The lowest BCUT2D eigenvalue weighted by molar-refractivity contribution is -0.138. The Kier molecular flexibility index (Phi) is 11.8. The largest absolute Gasteiger partial charge is 0.490 e. The molecule has 1 aliphatic heterocycles. The molecule has 0 aromatic heterocycles. The quantitative estimate of drug-likeness (QED) is 0.440. The number of hydrogen-bond acceptors (Lipinski definition) is 5. The van der Waals surface area contributed by atoms with E-state index in [0.29, 0.717) is 48.5 Å². The van der Waals surface area contributed by atoms with Crippen LogP contribution in [0.5, 0.6) is 11.5 Å². The van der Waals surface area contributed by atoms with Crippen molar-refractivity contribution in [2.75, 3.05) is 40.0 Å². The molecule has 2 aromatic rings. The van der Waals surface area contributed by atoms with Gasteiger partial charge in [-0.25, -0.2) is 0 Å². The number of piperidine rings is 1. The molecule has 1 saturated heterocycles. The highest BCUT2D eigenvalue weighted by Crippen LogP contribution is 2.34. The summed E-state index contributed by atoms with van der Waals surface area (Å²) in [5, 5.41) is 0.964. The first kappa shape index (κ1) is 28.5. The van der Waals surface area contributed by atoms with Crippen LogP contribution < -0.4 is 15.2 Å². The molecule has 2 aromatic carbocycles. The molecule has 0 bridgehead atoms. The van der Waals surface area contributed by atoms with E-state index in [-0.39, 0.29) is 30.3 Å². The van der Waals surface area contributed by atoms with Gasteiger partial charge in [-0.05, 0) is 61.6 Å². The molecule has 0 spiro atoms. The van der Waals surface area contributed by atoms with Crippen molar-refractivity contribution < 1.29 is 19.0 Å². The van der Waals surface area contributed by atoms with Gasteiger partial charge in [-0.1, -0.05) is 35.3 Å². The monoisotopic (exact) mass is 530 g/mol. The van der Waals surface area contributed by atoms with Gasteiger partial charge >= 0.3 is 0 Å². The molecule has 188 valence electrons. The van der Waals surface area contributed by atoms with Crippen LogP contribution in [0.25, 0.3) is 0 Å². The van der Waals surface area contributed by atoms with E-state index in [9.17, 15) is 4.79 Å². The minimum absolute atomic E-state index is 0. The number of rotatable bonds is 10. The van der Waals surface area contributed by atoms with Gasteiger partial charge in [0.2, 0.25) is 5.91 Å². The average Bonchev–Trinajstić information content (AvgIpc) is 2.82. The fraction of sp³-hybridized carbons (Fsp3) is 0.480. The van der Waals surface area contributed by atoms with Crippen LogP contribution in [0.1, 0.15) is 24.0 Å². The summed E-state index contributed by atoms with van der Waals surface area (Å²) in [6, 6.07) is 11.3. The Balaban J connectivity index is 0.00000408. The minimum Gasteiger partial charge on any atom is -0.490 e. The molecule has 0 radical (unpaired) electrons. The summed E-state index contributed by atoms with van der Waals surface area (Å²) in [5.41, 5.74) is 7.96. The highest BCUT2D eigenvalue weighted by atomic mass is 35.5. The third kappa shape index (κ3) is 7.92. The molecule has 2 atom stereocenters. The molecule has 2 N–H and O–H groups in total. The lowest BCUT2D eigenvalue weighted by Crippen LogP contribution is -2.47. The number of aryl methyl sites for hydroxylation is 1. The van der Waals surface area contributed by atoms with Crippen LogP contribution in [-0.4, -0.2) is 56.9 Å². The van der Waals surface area contributed by atoms with Gasteiger partial charge in [-0.2, -0.15) is 0 Å². The Morgan fingerprint density at radius 1 is 1.15 bits per heavy atom. The Bertz CT molecular complexity index is 904. The van der Waals surface area contributed by atoms with Crippen molar-refractivity contribution in [1.82, 2.24) is 4.90 Å². The van der Waals surface area contributed by atoms with Crippen LogP contribution >= 0.6 is 35.6 Å². The van der Waals surface area contributed by atoms with Crippen LogP contribution in [0.3, 0.4) is 0 Å². The highest BCUT2D eigenvalue weighted by Gasteiger charge is 2.28. The molecule has 3 rings (SSSR count). The smallest absolute Gasteiger partial charge is 0.227 e. The van der Waals surface area contributed by atoms with E-state index in [0.717, 1.165) is 36.3 Å². The standard InChI is InChI=1S/C25H32Cl2N2O4.ClH/c1-17-12-22(26)24(23(27)13-17)33-11-10-32-20-7-5-18(6-8-20)14-19(15-28)25(30)29-9-3-4-21(16-29)31-2;/h5-8,12-13,19,21H,3-4,9-11,14-16,28H2,1-2H3;1H. The van der Waals surface area contributed by atoms with Gasteiger partial charge in [-0.15, -0.1) is 12.4 Å². The zero-order valence-electron chi connectivity index (χ0n) is 19.6. The lowest BCUT2D eigenvalue weighted by atomic mass is 9.96. The van der Waals surface area contributed by atoms with Crippen molar-refractivity contribution in [2.24, 2.45) is 11.7 Å². The molecule has 2 unspecified atom stereocenters. The van der Waals surface area contributed by atoms with Crippen LogP contribution in [-0.2, 0) is 16.0 Å². The number of carbonyl (C=O) groups excluding carboxylic acids is 1. The highest BCUT2D eigenvalue weighted by molar-refractivity contribution is 6.37. The SMILES string of the molecule is COC1CCCN(C(=O)C(CN)Cc2ccc(OCCOc3c(Cl)cc(C)cc3Cl)cc2)C1.Cl. The summed E-state index contributed by atoms with van der Waals surface area (Å²) in [6.07, 6.45) is 2.65. The topological polar surface area (TPSA) is 74.0 Å². The van der Waals surface area contributed by atoms with Gasteiger partial charge in [0, 0.05) is 26.7 Å². The Labute approximate surface area is 218 Å². The van der Waals surface area contributed by atoms with Crippen molar-refractivity contribution in [3.8, 4) is 11.5 Å². The maximum absolute atomic E-state index is 13.0. The number of benzene rings is 2. The second-order valence-corrected chi connectivity index (χ2v) is 9.13. The molecule has 9 heteroatoms. The van der Waals surface area contributed by atoms with Crippen molar-refractivity contribution >= 4 is 41.5 Å². The van der Waals surface area contributed by atoms with Crippen LogP contribution in [0.2, 0.25) is 10.0 Å². The molecule has 34 heavy (non-hydrogen) atoms. The van der Waals surface area contributed by atoms with Gasteiger partial charge in [0.1, 0.15) is 19.0 Å². The molecule has 1 amide bonds. The third-order valence-corrected chi connectivity index (χ3v) is 6.36. The van der Waals surface area contributed by atoms with Gasteiger partial charge < -0.3 is 24.8 Å². The summed E-state index contributed by atoms with van der Waals surface area (Å²) < 4.78 is 16.9. The normalized spacial score (nSPS) is 16.5. The number of ether oxygens (including phenoxy) is 3. The van der Waals surface area contributed by atoms with Crippen LogP contribution in [0, 0.1) is 12.8 Å². The fourth-order valence-corrected chi connectivity index (χ4v) is 4.70. The molecule has 1 aliphatic rings. The summed E-state index contributed by atoms with van der Waals surface area (Å²) in [7, 11) is 1.70. The van der Waals surface area contributed by atoms with Gasteiger partial charge in [0.15, 0.2) is 5.75 Å². The molecule has 1 heterocycles. The Morgan fingerprint density at radius 3 is 2.41 bits per heavy atom. The summed E-state index contributed by atoms with van der Waals surface area (Å²) in [5.74, 6) is 1.04.